The Bertz CT molecular complexity index is 1900. The number of allylic oxidation sites excluding steroid dienone is 1. The third kappa shape index (κ3) is 5.40. The van der Waals surface area contributed by atoms with Gasteiger partial charge in [0, 0.05) is 22.2 Å². The topological polar surface area (TPSA) is 126 Å². The van der Waals surface area contributed by atoms with Gasteiger partial charge in [-0.25, -0.2) is 9.79 Å². The molecular formula is C29H24BrN3O7S. The van der Waals surface area contributed by atoms with Crippen molar-refractivity contribution in [1.29, 1.82) is 0 Å². The lowest BCUT2D eigenvalue weighted by atomic mass is 9.95. The lowest BCUT2D eigenvalue weighted by molar-refractivity contribution is -0.384. The fourth-order valence-electron chi connectivity index (χ4n) is 4.62. The minimum absolute atomic E-state index is 0.0907. The summed E-state index contributed by atoms with van der Waals surface area (Å²) in [6.07, 6.45) is 1.17. The van der Waals surface area contributed by atoms with Crippen molar-refractivity contribution in [2.24, 2.45) is 4.99 Å². The van der Waals surface area contributed by atoms with Gasteiger partial charge in [-0.3, -0.25) is 19.5 Å². The van der Waals surface area contributed by atoms with Gasteiger partial charge in [0.05, 0.1) is 39.5 Å². The number of carbonyl (C=O) groups excluding carboxylic acids is 1. The highest BCUT2D eigenvalue weighted by Crippen LogP contribution is 2.37. The third-order valence-electron chi connectivity index (χ3n) is 6.34. The maximum absolute atomic E-state index is 13.9. The zero-order valence-electron chi connectivity index (χ0n) is 22.4. The standard InChI is InChI=1S/C29H24BrN3O7S/c1-15(2)39-28(35)25-16(3)31-29-32(26(25)20-13-17(30)9-11-22(20)38-4)27(34)24(41-29)14-18-10-12-23(40-18)19-7-5-6-8-21(19)33(36)37/h5-15,26H,1-4H3/b24-14-/t26-/m1/s1. The quantitative estimate of drug-likeness (QED) is 0.156. The SMILES string of the molecule is COc1ccc(Br)cc1[C@@H]1C(C(=O)OC(C)C)=C(C)N=c2s/c(=C\c3ccc(-c4ccccc4[N+](=O)[O-])o3)c(=O)n21. The molecule has 0 N–H and O–H groups in total. The van der Waals surface area contributed by atoms with Crippen LogP contribution in [0.2, 0.25) is 0 Å². The van der Waals surface area contributed by atoms with Crippen LogP contribution in [0.5, 0.6) is 5.75 Å². The van der Waals surface area contributed by atoms with E-state index >= 15 is 0 Å². The van der Waals surface area contributed by atoms with E-state index in [-0.39, 0.29) is 17.4 Å². The molecule has 0 spiro atoms. The average molecular weight is 638 g/mol. The van der Waals surface area contributed by atoms with Crippen LogP contribution in [0.15, 0.2) is 84.5 Å². The van der Waals surface area contributed by atoms with Gasteiger partial charge in [-0.15, -0.1) is 0 Å². The van der Waals surface area contributed by atoms with Gasteiger partial charge in [-0.1, -0.05) is 39.4 Å². The second-order valence-electron chi connectivity index (χ2n) is 9.40. The van der Waals surface area contributed by atoms with Gasteiger partial charge < -0.3 is 13.9 Å². The van der Waals surface area contributed by atoms with Crippen molar-refractivity contribution >= 4 is 45.0 Å². The molecule has 0 unspecified atom stereocenters. The third-order valence-corrected chi connectivity index (χ3v) is 7.81. The van der Waals surface area contributed by atoms with E-state index in [0.717, 1.165) is 15.8 Å². The zero-order valence-corrected chi connectivity index (χ0v) is 24.8. The molecule has 10 nitrogen and oxygen atoms in total. The first-order chi connectivity index (χ1) is 19.6. The molecule has 1 aliphatic rings. The Morgan fingerprint density at radius 3 is 2.68 bits per heavy atom. The summed E-state index contributed by atoms with van der Waals surface area (Å²) in [6.45, 7) is 5.20. The van der Waals surface area contributed by atoms with E-state index < -0.39 is 22.5 Å². The minimum atomic E-state index is -0.869. The van der Waals surface area contributed by atoms with Gasteiger partial charge in [-0.2, -0.15) is 0 Å². The van der Waals surface area contributed by atoms with Crippen LogP contribution in [0.3, 0.4) is 0 Å². The molecule has 0 bridgehead atoms. The lowest BCUT2D eigenvalue weighted by Crippen LogP contribution is -2.40. The number of benzene rings is 2. The molecule has 41 heavy (non-hydrogen) atoms. The Morgan fingerprint density at radius 2 is 1.98 bits per heavy atom. The lowest BCUT2D eigenvalue weighted by Gasteiger charge is -2.26. The second kappa shape index (κ2) is 11.3. The van der Waals surface area contributed by atoms with E-state index in [1.54, 1.807) is 75.4 Å². The number of fused-ring (bicyclic) bond motifs is 1. The number of carbonyl (C=O) groups is 1. The molecule has 1 atom stereocenters. The molecule has 0 aliphatic carbocycles. The maximum atomic E-state index is 13.9. The first-order valence-electron chi connectivity index (χ1n) is 12.5. The van der Waals surface area contributed by atoms with Crippen molar-refractivity contribution in [2.75, 3.05) is 7.11 Å². The smallest absolute Gasteiger partial charge is 0.338 e. The number of nitrogens with zero attached hydrogens (tertiary/aromatic N) is 3. The fourth-order valence-corrected chi connectivity index (χ4v) is 6.02. The molecule has 2 aromatic carbocycles. The molecule has 0 radical (unpaired) electrons. The van der Waals surface area contributed by atoms with E-state index in [2.05, 4.69) is 20.9 Å². The Morgan fingerprint density at radius 1 is 1.22 bits per heavy atom. The predicted octanol–water partition coefficient (Wildman–Crippen LogP) is 5.13. The summed E-state index contributed by atoms with van der Waals surface area (Å²) in [5.74, 6) is 0.526. The first-order valence-corrected chi connectivity index (χ1v) is 14.1. The fraction of sp³-hybridized carbons (Fsp3) is 0.207. The Kier molecular flexibility index (Phi) is 7.78. The van der Waals surface area contributed by atoms with E-state index in [4.69, 9.17) is 13.9 Å². The molecular weight excluding hydrogens is 614 g/mol. The Hall–Kier alpha value is -4.29. The van der Waals surface area contributed by atoms with Crippen LogP contribution in [0, 0.1) is 10.1 Å². The van der Waals surface area contributed by atoms with Crippen LogP contribution >= 0.6 is 27.3 Å². The number of hydrogen-bond donors (Lipinski definition) is 0. The highest BCUT2D eigenvalue weighted by atomic mass is 79.9. The number of methoxy groups -OCH3 is 1. The van der Waals surface area contributed by atoms with Gasteiger partial charge in [0.2, 0.25) is 0 Å². The number of halogens is 1. The van der Waals surface area contributed by atoms with Crippen LogP contribution in [-0.2, 0) is 9.53 Å². The van der Waals surface area contributed by atoms with E-state index in [1.807, 2.05) is 0 Å². The van der Waals surface area contributed by atoms with E-state index in [9.17, 15) is 19.7 Å². The number of para-hydroxylation sites is 1. The normalized spacial score (nSPS) is 15.1. The molecule has 0 saturated carbocycles. The molecule has 3 heterocycles. The van der Waals surface area contributed by atoms with Gasteiger partial charge in [-0.05, 0) is 57.2 Å². The summed E-state index contributed by atoms with van der Waals surface area (Å²) in [4.78, 5) is 43.3. The van der Waals surface area contributed by atoms with Crippen LogP contribution in [0.4, 0.5) is 5.69 Å². The summed E-state index contributed by atoms with van der Waals surface area (Å²) in [6, 6.07) is 14.0. The van der Waals surface area contributed by atoms with E-state index in [0.29, 0.717) is 43.4 Å². The molecule has 0 amide bonds. The number of ether oxygens (including phenoxy) is 2. The molecule has 4 aromatic rings. The second-order valence-corrected chi connectivity index (χ2v) is 11.3. The monoisotopic (exact) mass is 637 g/mol. The summed E-state index contributed by atoms with van der Waals surface area (Å²) >= 11 is 4.63. The number of esters is 1. The summed E-state index contributed by atoms with van der Waals surface area (Å²) in [7, 11) is 1.52. The number of nitro benzene ring substituents is 1. The van der Waals surface area contributed by atoms with Crippen molar-refractivity contribution in [3.05, 3.63) is 111 Å². The van der Waals surface area contributed by atoms with Crippen molar-refractivity contribution in [3.63, 3.8) is 0 Å². The number of thiazole rings is 1. The van der Waals surface area contributed by atoms with Crippen molar-refractivity contribution in [1.82, 2.24) is 4.57 Å². The number of furan rings is 1. The summed E-state index contributed by atoms with van der Waals surface area (Å²) < 4.78 is 19.6. The molecule has 0 saturated heterocycles. The molecule has 5 rings (SSSR count). The number of hydrogen-bond acceptors (Lipinski definition) is 9. The molecule has 0 fully saturated rings. The van der Waals surface area contributed by atoms with Gasteiger partial charge in [0.15, 0.2) is 4.80 Å². The predicted molar refractivity (Wildman–Crippen MR) is 156 cm³/mol. The van der Waals surface area contributed by atoms with Crippen molar-refractivity contribution in [3.8, 4) is 17.1 Å². The molecule has 2 aromatic heterocycles. The molecule has 12 heteroatoms. The first kappa shape index (κ1) is 28.2. The Labute approximate surface area is 246 Å². The van der Waals surface area contributed by atoms with Crippen LogP contribution in [-0.4, -0.2) is 28.7 Å². The minimum Gasteiger partial charge on any atom is -0.496 e. The summed E-state index contributed by atoms with van der Waals surface area (Å²) in [5, 5.41) is 11.5. The summed E-state index contributed by atoms with van der Waals surface area (Å²) in [5.41, 5.74) is 1.07. The van der Waals surface area contributed by atoms with Gasteiger partial charge in [0.1, 0.15) is 23.3 Å². The highest BCUT2D eigenvalue weighted by molar-refractivity contribution is 9.10. The average Bonchev–Trinajstić information content (AvgIpc) is 3.51. The number of aromatic nitrogens is 1. The van der Waals surface area contributed by atoms with Crippen molar-refractivity contribution in [2.45, 2.75) is 32.9 Å². The number of rotatable bonds is 7. The van der Waals surface area contributed by atoms with Crippen LogP contribution < -0.4 is 19.6 Å². The van der Waals surface area contributed by atoms with Crippen LogP contribution in [0.25, 0.3) is 17.4 Å². The van der Waals surface area contributed by atoms with Crippen molar-refractivity contribution < 1.29 is 23.6 Å². The van der Waals surface area contributed by atoms with Gasteiger partial charge >= 0.3 is 5.97 Å². The largest absolute Gasteiger partial charge is 0.496 e. The molecule has 210 valence electrons. The molecule has 1 aliphatic heterocycles. The van der Waals surface area contributed by atoms with Gasteiger partial charge in [0.25, 0.3) is 11.2 Å². The highest BCUT2D eigenvalue weighted by Gasteiger charge is 2.35. The zero-order chi connectivity index (χ0) is 29.4. The number of nitro groups is 1. The van der Waals surface area contributed by atoms with Crippen LogP contribution in [0.1, 0.15) is 38.1 Å². The Balaban J connectivity index is 1.68. The van der Waals surface area contributed by atoms with E-state index in [1.165, 1.54) is 17.7 Å². The maximum Gasteiger partial charge on any atom is 0.338 e.